The molecule has 0 radical (unpaired) electrons. The van der Waals surface area contributed by atoms with Crippen LogP contribution in [0.25, 0.3) is 0 Å². The van der Waals surface area contributed by atoms with E-state index in [4.69, 9.17) is 4.98 Å². The quantitative estimate of drug-likeness (QED) is 0.895. The van der Waals surface area contributed by atoms with Crippen molar-refractivity contribution in [2.75, 3.05) is 17.3 Å². The Kier molecular flexibility index (Phi) is 3.78. The third-order valence-electron chi connectivity index (χ3n) is 4.84. The van der Waals surface area contributed by atoms with Crippen molar-refractivity contribution in [1.82, 2.24) is 9.97 Å². The van der Waals surface area contributed by atoms with Crippen molar-refractivity contribution in [2.24, 2.45) is 0 Å². The molecular formula is C16H26N4O. The fourth-order valence-electron chi connectivity index (χ4n) is 3.77. The van der Waals surface area contributed by atoms with Crippen molar-refractivity contribution in [3.63, 3.8) is 0 Å². The van der Waals surface area contributed by atoms with Crippen LogP contribution in [-0.4, -0.2) is 40.3 Å². The number of rotatable bonds is 3. The van der Waals surface area contributed by atoms with Crippen LogP contribution in [0.5, 0.6) is 0 Å². The van der Waals surface area contributed by atoms with E-state index in [0.29, 0.717) is 18.0 Å². The van der Waals surface area contributed by atoms with Crippen molar-refractivity contribution in [1.29, 1.82) is 0 Å². The van der Waals surface area contributed by atoms with Crippen LogP contribution in [-0.2, 0) is 0 Å². The number of aliphatic hydroxyl groups is 1. The minimum atomic E-state index is -0.144. The summed E-state index contributed by atoms with van der Waals surface area (Å²) in [5.74, 6) is 3.20. The Balaban J connectivity index is 2.03. The van der Waals surface area contributed by atoms with Crippen LogP contribution in [0.4, 0.5) is 11.6 Å². The summed E-state index contributed by atoms with van der Waals surface area (Å²) in [5, 5.41) is 13.2. The lowest BCUT2D eigenvalue weighted by Crippen LogP contribution is -2.45. The summed E-state index contributed by atoms with van der Waals surface area (Å²) < 4.78 is 0. The smallest absolute Gasteiger partial charge is 0.137 e. The van der Waals surface area contributed by atoms with Gasteiger partial charge in [-0.3, -0.25) is 0 Å². The highest BCUT2D eigenvalue weighted by atomic mass is 16.3. The van der Waals surface area contributed by atoms with Gasteiger partial charge in [0.05, 0.1) is 6.10 Å². The molecule has 0 amide bonds. The normalized spacial score (nSPS) is 28.3. The highest BCUT2D eigenvalue weighted by Crippen LogP contribution is 2.41. The summed E-state index contributed by atoms with van der Waals surface area (Å²) >= 11 is 0. The molecular weight excluding hydrogens is 264 g/mol. The van der Waals surface area contributed by atoms with Gasteiger partial charge in [0.25, 0.3) is 0 Å². The first-order valence-electron chi connectivity index (χ1n) is 8.04. The van der Waals surface area contributed by atoms with E-state index in [1.807, 2.05) is 7.05 Å². The number of nitrogens with zero attached hydrogens (tertiary/aromatic N) is 3. The fraction of sp³-hybridized carbons (Fsp3) is 0.750. The molecule has 0 saturated carbocycles. The summed E-state index contributed by atoms with van der Waals surface area (Å²) in [5.41, 5.74) is 1.12. The first-order chi connectivity index (χ1) is 10.0. The number of anilines is 2. The SMILES string of the molecule is CNc1nc(C(C)C)nc(N2C3CCC2CC(O)C3)c1C. The van der Waals surface area contributed by atoms with Crippen LogP contribution in [0.3, 0.4) is 0 Å². The molecule has 5 heteroatoms. The lowest BCUT2D eigenvalue weighted by Gasteiger charge is -2.39. The summed E-state index contributed by atoms with van der Waals surface area (Å²) in [6.45, 7) is 6.35. The van der Waals surface area contributed by atoms with Crippen molar-refractivity contribution in [3.05, 3.63) is 11.4 Å². The zero-order valence-corrected chi connectivity index (χ0v) is 13.4. The highest BCUT2D eigenvalue weighted by molar-refractivity contribution is 5.60. The van der Waals surface area contributed by atoms with E-state index in [1.165, 1.54) is 0 Å². The molecule has 2 aliphatic heterocycles. The van der Waals surface area contributed by atoms with Crippen LogP contribution >= 0.6 is 0 Å². The molecule has 21 heavy (non-hydrogen) atoms. The predicted octanol–water partition coefficient (Wildman–Crippen LogP) is 2.44. The predicted molar refractivity (Wildman–Crippen MR) is 84.9 cm³/mol. The van der Waals surface area contributed by atoms with Crippen LogP contribution in [0, 0.1) is 6.92 Å². The number of hydrogen-bond acceptors (Lipinski definition) is 5. The Morgan fingerprint density at radius 2 is 1.81 bits per heavy atom. The molecule has 2 aliphatic rings. The average molecular weight is 290 g/mol. The van der Waals surface area contributed by atoms with E-state index in [-0.39, 0.29) is 6.10 Å². The van der Waals surface area contributed by atoms with Gasteiger partial charge in [0.2, 0.25) is 0 Å². The molecule has 2 atom stereocenters. The maximum absolute atomic E-state index is 10.00. The molecule has 116 valence electrons. The van der Waals surface area contributed by atoms with Crippen LogP contribution in [0.15, 0.2) is 0 Å². The average Bonchev–Trinajstić information content (AvgIpc) is 2.71. The third-order valence-corrected chi connectivity index (χ3v) is 4.84. The molecule has 2 bridgehead atoms. The summed E-state index contributed by atoms with van der Waals surface area (Å²) in [6.07, 6.45) is 3.92. The first-order valence-corrected chi connectivity index (χ1v) is 8.04. The Hall–Kier alpha value is -1.36. The number of hydrogen-bond donors (Lipinski definition) is 2. The highest BCUT2D eigenvalue weighted by Gasteiger charge is 2.41. The van der Waals surface area contributed by atoms with Gasteiger partial charge in [-0.1, -0.05) is 13.8 Å². The molecule has 2 N–H and O–H groups in total. The molecule has 3 rings (SSSR count). The largest absolute Gasteiger partial charge is 0.393 e. The number of aliphatic hydroxyl groups excluding tert-OH is 1. The minimum Gasteiger partial charge on any atom is -0.393 e. The zero-order chi connectivity index (χ0) is 15.1. The van der Waals surface area contributed by atoms with Gasteiger partial charge >= 0.3 is 0 Å². The van der Waals surface area contributed by atoms with Crippen LogP contribution in [0.2, 0.25) is 0 Å². The van der Waals surface area contributed by atoms with Gasteiger partial charge in [-0.25, -0.2) is 9.97 Å². The van der Waals surface area contributed by atoms with E-state index in [0.717, 1.165) is 48.7 Å². The van der Waals surface area contributed by atoms with E-state index >= 15 is 0 Å². The maximum atomic E-state index is 10.00. The van der Waals surface area contributed by atoms with E-state index in [1.54, 1.807) is 0 Å². The van der Waals surface area contributed by atoms with E-state index in [2.05, 4.69) is 36.0 Å². The molecule has 0 aromatic carbocycles. The number of aromatic nitrogens is 2. The zero-order valence-electron chi connectivity index (χ0n) is 13.4. The second-order valence-electron chi connectivity index (χ2n) is 6.70. The van der Waals surface area contributed by atoms with Gasteiger partial charge < -0.3 is 15.3 Å². The molecule has 1 aromatic rings. The summed E-state index contributed by atoms with van der Waals surface area (Å²) in [7, 11) is 1.91. The van der Waals surface area contributed by atoms with Gasteiger partial charge in [0.1, 0.15) is 17.5 Å². The Morgan fingerprint density at radius 3 is 2.33 bits per heavy atom. The second-order valence-corrected chi connectivity index (χ2v) is 6.70. The monoisotopic (exact) mass is 290 g/mol. The fourth-order valence-corrected chi connectivity index (χ4v) is 3.77. The summed E-state index contributed by atoms with van der Waals surface area (Å²) in [6, 6.07) is 0.856. The number of piperidine rings is 1. The molecule has 2 unspecified atom stereocenters. The van der Waals surface area contributed by atoms with E-state index in [9.17, 15) is 5.11 Å². The van der Waals surface area contributed by atoms with Crippen molar-refractivity contribution < 1.29 is 5.11 Å². The molecule has 2 saturated heterocycles. The van der Waals surface area contributed by atoms with Crippen LogP contribution < -0.4 is 10.2 Å². The molecule has 1 aromatic heterocycles. The lowest BCUT2D eigenvalue weighted by molar-refractivity contribution is 0.126. The third kappa shape index (κ3) is 2.48. The summed E-state index contributed by atoms with van der Waals surface area (Å²) in [4.78, 5) is 12.0. The minimum absolute atomic E-state index is 0.144. The molecule has 0 spiro atoms. The number of fused-ring (bicyclic) bond motifs is 2. The molecule has 0 aliphatic carbocycles. The Bertz CT molecular complexity index is 517. The van der Waals surface area contributed by atoms with Gasteiger partial charge in [-0.2, -0.15) is 0 Å². The lowest BCUT2D eigenvalue weighted by atomic mass is 9.99. The topological polar surface area (TPSA) is 61.3 Å². The maximum Gasteiger partial charge on any atom is 0.137 e. The van der Waals surface area contributed by atoms with Gasteiger partial charge in [0, 0.05) is 30.6 Å². The van der Waals surface area contributed by atoms with Crippen LogP contribution in [0.1, 0.15) is 56.8 Å². The Labute approximate surface area is 126 Å². The first kappa shape index (κ1) is 14.6. The van der Waals surface area contributed by atoms with Gasteiger partial charge in [-0.05, 0) is 32.6 Å². The second kappa shape index (κ2) is 5.44. The Morgan fingerprint density at radius 1 is 1.19 bits per heavy atom. The van der Waals surface area contributed by atoms with Crippen molar-refractivity contribution in [2.45, 2.75) is 70.6 Å². The molecule has 2 fully saturated rings. The standard InChI is InChI=1S/C16H26N4O/c1-9(2)14-18-15(17-4)10(3)16(19-14)20-11-5-6-12(20)8-13(21)7-11/h9,11-13,21H,5-8H2,1-4H3,(H,17,18,19). The molecule has 5 nitrogen and oxygen atoms in total. The van der Waals surface area contributed by atoms with Gasteiger partial charge in [0.15, 0.2) is 0 Å². The molecule has 3 heterocycles. The van der Waals surface area contributed by atoms with Crippen molar-refractivity contribution >= 4 is 11.6 Å². The van der Waals surface area contributed by atoms with Crippen molar-refractivity contribution in [3.8, 4) is 0 Å². The van der Waals surface area contributed by atoms with E-state index < -0.39 is 0 Å². The van der Waals surface area contributed by atoms with Gasteiger partial charge in [-0.15, -0.1) is 0 Å². The number of nitrogens with one attached hydrogen (secondary N) is 1.